The van der Waals surface area contributed by atoms with Gasteiger partial charge in [-0.15, -0.1) is 0 Å². The van der Waals surface area contributed by atoms with Crippen LogP contribution < -0.4 is 10.6 Å². The lowest BCUT2D eigenvalue weighted by molar-refractivity contribution is -0.137. The highest BCUT2D eigenvalue weighted by atomic mass is 19.4. The van der Waals surface area contributed by atoms with E-state index in [-0.39, 0.29) is 18.0 Å². The molecule has 0 spiro atoms. The summed E-state index contributed by atoms with van der Waals surface area (Å²) in [4.78, 5) is 29.8. The van der Waals surface area contributed by atoms with Crippen molar-refractivity contribution in [1.29, 1.82) is 0 Å². The number of carbonyl (C=O) groups is 2. The van der Waals surface area contributed by atoms with E-state index < -0.39 is 23.9 Å². The number of nitrogens with one attached hydrogen (secondary N) is 2. The fraction of sp³-hybridized carbons (Fsp3) is 0.194. The minimum absolute atomic E-state index is 0.0833. The maximum atomic E-state index is 13.1. The van der Waals surface area contributed by atoms with Crippen LogP contribution >= 0.6 is 0 Å². The Labute approximate surface area is 230 Å². The van der Waals surface area contributed by atoms with Crippen molar-refractivity contribution in [1.82, 2.24) is 15.6 Å². The van der Waals surface area contributed by atoms with Gasteiger partial charge in [0.1, 0.15) is 6.10 Å². The molecule has 1 atom stereocenters. The second kappa shape index (κ2) is 12.9. The van der Waals surface area contributed by atoms with Gasteiger partial charge in [-0.25, -0.2) is 4.79 Å². The van der Waals surface area contributed by atoms with E-state index in [1.807, 2.05) is 54.6 Å². The van der Waals surface area contributed by atoms with E-state index in [4.69, 9.17) is 4.74 Å². The summed E-state index contributed by atoms with van der Waals surface area (Å²) in [5, 5.41) is 5.60. The molecule has 9 heteroatoms. The monoisotopic (exact) mass is 547 g/mol. The molecule has 206 valence electrons. The summed E-state index contributed by atoms with van der Waals surface area (Å²) in [5.41, 5.74) is 2.96. The third-order valence-corrected chi connectivity index (χ3v) is 6.26. The highest BCUT2D eigenvalue weighted by Gasteiger charge is 2.31. The molecule has 0 saturated carbocycles. The number of alkyl carbamates (subject to hydrolysis) is 1. The molecule has 0 aliphatic rings. The lowest BCUT2D eigenvalue weighted by Gasteiger charge is -2.17. The maximum absolute atomic E-state index is 13.1. The molecule has 3 aromatic carbocycles. The Morgan fingerprint density at radius 1 is 0.875 bits per heavy atom. The van der Waals surface area contributed by atoms with E-state index in [1.165, 1.54) is 19.1 Å². The van der Waals surface area contributed by atoms with Gasteiger partial charge in [0, 0.05) is 37.0 Å². The molecule has 40 heavy (non-hydrogen) atoms. The lowest BCUT2D eigenvalue weighted by Crippen LogP contribution is -2.27. The summed E-state index contributed by atoms with van der Waals surface area (Å²) in [5.74, 6) is -0.233. The largest absolute Gasteiger partial charge is 0.442 e. The summed E-state index contributed by atoms with van der Waals surface area (Å²) in [6.07, 6.45) is -3.86. The number of hydrogen-bond donors (Lipinski definition) is 2. The van der Waals surface area contributed by atoms with E-state index in [1.54, 1.807) is 18.3 Å². The van der Waals surface area contributed by atoms with E-state index in [0.717, 1.165) is 29.0 Å². The third-order valence-electron chi connectivity index (χ3n) is 6.26. The van der Waals surface area contributed by atoms with Crippen molar-refractivity contribution in [2.24, 2.45) is 0 Å². The van der Waals surface area contributed by atoms with Crippen LogP contribution in [-0.2, 0) is 23.9 Å². The Morgan fingerprint density at radius 2 is 1.60 bits per heavy atom. The molecule has 1 unspecified atom stereocenters. The number of rotatable bonds is 9. The Morgan fingerprint density at radius 3 is 2.35 bits per heavy atom. The summed E-state index contributed by atoms with van der Waals surface area (Å²) >= 11 is 0. The fourth-order valence-electron chi connectivity index (χ4n) is 4.20. The number of aromatic nitrogens is 1. The number of pyridine rings is 1. The zero-order valence-corrected chi connectivity index (χ0v) is 21.7. The maximum Gasteiger partial charge on any atom is 0.416 e. The molecule has 2 amide bonds. The van der Waals surface area contributed by atoms with Crippen molar-refractivity contribution in [3.05, 3.63) is 125 Å². The summed E-state index contributed by atoms with van der Waals surface area (Å²) in [6, 6.07) is 24.8. The van der Waals surface area contributed by atoms with Crippen LogP contribution in [0.4, 0.5) is 18.0 Å². The van der Waals surface area contributed by atoms with Gasteiger partial charge in [-0.3, -0.25) is 9.78 Å². The molecule has 1 aromatic heterocycles. The third kappa shape index (κ3) is 7.47. The van der Waals surface area contributed by atoms with Gasteiger partial charge < -0.3 is 15.4 Å². The van der Waals surface area contributed by atoms with E-state index in [9.17, 15) is 22.8 Å². The van der Waals surface area contributed by atoms with E-state index in [0.29, 0.717) is 24.1 Å². The molecule has 0 aliphatic heterocycles. The molecule has 4 rings (SSSR count). The molecular weight excluding hydrogens is 519 g/mol. The Bertz CT molecular complexity index is 1460. The summed E-state index contributed by atoms with van der Waals surface area (Å²) in [6.45, 7) is 2.01. The molecule has 0 saturated heterocycles. The molecular formula is C31H28F3N3O3. The number of halogens is 3. The predicted molar refractivity (Wildman–Crippen MR) is 145 cm³/mol. The first-order chi connectivity index (χ1) is 19.2. The number of carbonyl (C=O) groups excluding carboxylic acids is 2. The number of amides is 2. The number of hydrogen-bond acceptors (Lipinski definition) is 4. The predicted octanol–water partition coefficient (Wildman–Crippen LogP) is 6.73. The van der Waals surface area contributed by atoms with E-state index >= 15 is 0 Å². The second-order valence-corrected chi connectivity index (χ2v) is 9.05. The van der Waals surface area contributed by atoms with Crippen LogP contribution in [0.2, 0.25) is 0 Å². The number of ether oxygens (including phenoxy) is 1. The zero-order valence-electron chi connectivity index (χ0n) is 21.7. The van der Waals surface area contributed by atoms with Crippen LogP contribution in [0.1, 0.15) is 45.8 Å². The Kier molecular flexibility index (Phi) is 9.16. The summed E-state index contributed by atoms with van der Waals surface area (Å²) in [7, 11) is 0. The highest BCUT2D eigenvalue weighted by Crippen LogP contribution is 2.31. The molecule has 0 fully saturated rings. The number of alkyl halides is 3. The quantitative estimate of drug-likeness (QED) is 0.244. The number of benzene rings is 3. The first-order valence-corrected chi connectivity index (χ1v) is 12.7. The topological polar surface area (TPSA) is 80.3 Å². The van der Waals surface area contributed by atoms with Crippen molar-refractivity contribution >= 4 is 12.0 Å². The average Bonchev–Trinajstić information content (AvgIpc) is 2.96. The van der Waals surface area contributed by atoms with Crippen molar-refractivity contribution in [3.63, 3.8) is 0 Å². The van der Waals surface area contributed by atoms with Crippen LogP contribution in [-0.4, -0.2) is 23.5 Å². The zero-order chi connectivity index (χ0) is 28.5. The van der Waals surface area contributed by atoms with Crippen LogP contribution in [0.5, 0.6) is 0 Å². The van der Waals surface area contributed by atoms with Crippen LogP contribution in [0, 0.1) is 0 Å². The van der Waals surface area contributed by atoms with Crippen molar-refractivity contribution in [3.8, 4) is 11.1 Å². The molecule has 6 nitrogen and oxygen atoms in total. The van der Waals surface area contributed by atoms with Gasteiger partial charge in [-0.05, 0) is 59.5 Å². The molecule has 0 aliphatic carbocycles. The number of nitrogens with zero attached hydrogens (tertiary/aromatic N) is 1. The van der Waals surface area contributed by atoms with Crippen molar-refractivity contribution in [2.75, 3.05) is 6.54 Å². The van der Waals surface area contributed by atoms with Gasteiger partial charge in [0.25, 0.3) is 5.91 Å². The standard InChI is InChI=1S/C31H28F3N3O3/c1-21(22-10-8-11-24(19-22)31(32,33)34)40-30(39)37-20-23-9-2-3-13-26(23)27-14-4-5-15-28(27)29(38)36-18-16-25-12-6-7-17-35-25/h2-15,17,19,21H,16,18,20H2,1H3,(H,36,38)(H,37,39). The molecule has 0 bridgehead atoms. The Balaban J connectivity index is 1.42. The highest BCUT2D eigenvalue weighted by molar-refractivity contribution is 6.01. The van der Waals surface area contributed by atoms with Crippen LogP contribution in [0.25, 0.3) is 11.1 Å². The first kappa shape index (κ1) is 28.4. The van der Waals surface area contributed by atoms with Crippen molar-refractivity contribution in [2.45, 2.75) is 32.2 Å². The average molecular weight is 548 g/mol. The normalized spacial score (nSPS) is 11.9. The van der Waals surface area contributed by atoms with Gasteiger partial charge in [0.05, 0.1) is 5.56 Å². The molecule has 1 heterocycles. The SMILES string of the molecule is CC(OC(=O)NCc1ccccc1-c1ccccc1C(=O)NCCc1ccccn1)c1cccc(C(F)(F)F)c1. The minimum Gasteiger partial charge on any atom is -0.442 e. The van der Waals surface area contributed by atoms with Gasteiger partial charge in [-0.2, -0.15) is 13.2 Å². The van der Waals surface area contributed by atoms with Crippen LogP contribution in [0.3, 0.4) is 0 Å². The second-order valence-electron chi connectivity index (χ2n) is 9.05. The summed E-state index contributed by atoms with van der Waals surface area (Å²) < 4.78 is 44.5. The van der Waals surface area contributed by atoms with Gasteiger partial charge in [-0.1, -0.05) is 60.7 Å². The van der Waals surface area contributed by atoms with Gasteiger partial charge in [0.2, 0.25) is 0 Å². The molecule has 4 aromatic rings. The Hall–Kier alpha value is -4.66. The van der Waals surface area contributed by atoms with Crippen molar-refractivity contribution < 1.29 is 27.5 Å². The first-order valence-electron chi connectivity index (χ1n) is 12.7. The van der Waals surface area contributed by atoms with Gasteiger partial charge >= 0.3 is 12.3 Å². The lowest BCUT2D eigenvalue weighted by atomic mass is 9.95. The fourth-order valence-corrected chi connectivity index (χ4v) is 4.20. The smallest absolute Gasteiger partial charge is 0.416 e. The molecule has 2 N–H and O–H groups in total. The van der Waals surface area contributed by atoms with Gasteiger partial charge in [0.15, 0.2) is 0 Å². The molecule has 0 radical (unpaired) electrons. The minimum atomic E-state index is -4.49. The van der Waals surface area contributed by atoms with E-state index in [2.05, 4.69) is 15.6 Å². The van der Waals surface area contributed by atoms with Crippen LogP contribution in [0.15, 0.2) is 97.2 Å².